The lowest BCUT2D eigenvalue weighted by Crippen LogP contribution is -2.38. The molecular formula is C20H25FN2O2S2. The van der Waals surface area contributed by atoms with Gasteiger partial charge in [0.25, 0.3) is 0 Å². The Bertz CT molecular complexity index is 866. The van der Waals surface area contributed by atoms with Gasteiger partial charge in [0.1, 0.15) is 5.82 Å². The predicted octanol–water partition coefficient (Wildman–Crippen LogP) is 3.74. The normalized spacial score (nSPS) is 16.5. The van der Waals surface area contributed by atoms with E-state index in [9.17, 15) is 12.8 Å². The monoisotopic (exact) mass is 408 g/mol. The van der Waals surface area contributed by atoms with Crippen molar-refractivity contribution >= 4 is 21.8 Å². The van der Waals surface area contributed by atoms with Crippen molar-refractivity contribution in [2.45, 2.75) is 29.2 Å². The first-order chi connectivity index (χ1) is 13.0. The number of thioether (sulfide) groups is 1. The number of sulfonamides is 1. The number of hydrogen-bond acceptors (Lipinski definition) is 4. The molecule has 1 fully saturated rings. The van der Waals surface area contributed by atoms with Gasteiger partial charge in [-0.15, -0.1) is 11.8 Å². The lowest BCUT2D eigenvalue weighted by molar-refractivity contribution is 0.177. The van der Waals surface area contributed by atoms with Gasteiger partial charge in [-0.2, -0.15) is 0 Å². The van der Waals surface area contributed by atoms with E-state index < -0.39 is 15.8 Å². The predicted molar refractivity (Wildman–Crippen MR) is 108 cm³/mol. The molecule has 2 aromatic rings. The number of piperidine rings is 1. The maximum Gasteiger partial charge on any atom is 0.240 e. The van der Waals surface area contributed by atoms with E-state index in [4.69, 9.17) is 0 Å². The number of hydrogen-bond donors (Lipinski definition) is 1. The summed E-state index contributed by atoms with van der Waals surface area (Å²) in [5.74, 6) is -0.239. The van der Waals surface area contributed by atoms with Gasteiger partial charge < -0.3 is 0 Å². The summed E-state index contributed by atoms with van der Waals surface area (Å²) in [7, 11) is -3.66. The van der Waals surface area contributed by atoms with Gasteiger partial charge in [0.15, 0.2) is 0 Å². The van der Waals surface area contributed by atoms with Crippen molar-refractivity contribution in [3.63, 3.8) is 0 Å². The first kappa shape index (κ1) is 20.3. The van der Waals surface area contributed by atoms with Gasteiger partial charge in [0, 0.05) is 18.0 Å². The fraction of sp³-hybridized carbons (Fsp3) is 0.400. The van der Waals surface area contributed by atoms with Crippen LogP contribution < -0.4 is 4.72 Å². The highest BCUT2D eigenvalue weighted by atomic mass is 32.2. The quantitative estimate of drug-likeness (QED) is 0.709. The Morgan fingerprint density at radius 3 is 2.59 bits per heavy atom. The fourth-order valence-corrected chi connectivity index (χ4v) is 5.12. The van der Waals surface area contributed by atoms with E-state index in [0.29, 0.717) is 12.5 Å². The van der Waals surface area contributed by atoms with E-state index in [-0.39, 0.29) is 4.90 Å². The van der Waals surface area contributed by atoms with Crippen molar-refractivity contribution in [1.29, 1.82) is 0 Å². The number of rotatable bonds is 7. The van der Waals surface area contributed by atoms with E-state index >= 15 is 0 Å². The number of benzene rings is 2. The van der Waals surface area contributed by atoms with Crippen molar-refractivity contribution in [3.8, 4) is 0 Å². The molecule has 1 aliphatic heterocycles. The van der Waals surface area contributed by atoms with E-state index in [1.807, 2.05) is 0 Å². The topological polar surface area (TPSA) is 49.4 Å². The van der Waals surface area contributed by atoms with Gasteiger partial charge in [-0.05, 0) is 67.9 Å². The van der Waals surface area contributed by atoms with Gasteiger partial charge in [-0.25, -0.2) is 17.5 Å². The van der Waals surface area contributed by atoms with Crippen LogP contribution in [0.5, 0.6) is 0 Å². The van der Waals surface area contributed by atoms with Crippen molar-refractivity contribution < 1.29 is 12.8 Å². The molecule has 0 atom stereocenters. The molecule has 1 aliphatic rings. The molecule has 0 radical (unpaired) electrons. The first-order valence-electron chi connectivity index (χ1n) is 9.07. The smallest absolute Gasteiger partial charge is 0.240 e. The van der Waals surface area contributed by atoms with Crippen LogP contribution in [0.1, 0.15) is 18.4 Å². The maximum atomic E-state index is 13.3. The van der Waals surface area contributed by atoms with E-state index in [1.54, 1.807) is 11.8 Å². The minimum absolute atomic E-state index is 0.0198. The molecule has 4 nitrogen and oxygen atoms in total. The van der Waals surface area contributed by atoms with Crippen LogP contribution >= 0.6 is 11.8 Å². The molecule has 0 bridgehead atoms. The van der Waals surface area contributed by atoms with Crippen molar-refractivity contribution in [2.24, 2.45) is 5.92 Å². The summed E-state index contributed by atoms with van der Waals surface area (Å²) >= 11 is 1.76. The SMILES string of the molecule is CSc1ccccc1CN1CCC(CNS(=O)(=O)c2cccc(F)c2)CC1. The van der Waals surface area contributed by atoms with Gasteiger partial charge in [0.05, 0.1) is 4.90 Å². The minimum atomic E-state index is -3.66. The fourth-order valence-electron chi connectivity index (χ4n) is 3.37. The summed E-state index contributed by atoms with van der Waals surface area (Å²) < 4.78 is 40.5. The van der Waals surface area contributed by atoms with Gasteiger partial charge >= 0.3 is 0 Å². The lowest BCUT2D eigenvalue weighted by atomic mass is 9.97. The molecule has 0 saturated carbocycles. The van der Waals surface area contributed by atoms with E-state index in [1.165, 1.54) is 28.7 Å². The van der Waals surface area contributed by atoms with Gasteiger partial charge in [-0.3, -0.25) is 4.90 Å². The standard InChI is InChI=1S/C20H25FN2O2S2/c1-26-20-8-3-2-5-17(20)15-23-11-9-16(10-12-23)14-22-27(24,25)19-7-4-6-18(21)13-19/h2-8,13,16,22H,9-12,14-15H2,1H3. The Morgan fingerprint density at radius 2 is 1.89 bits per heavy atom. The summed E-state index contributed by atoms with van der Waals surface area (Å²) in [6, 6.07) is 13.6. The van der Waals surface area contributed by atoms with Crippen LogP contribution in [0.15, 0.2) is 58.3 Å². The molecular weight excluding hydrogens is 383 g/mol. The molecule has 3 rings (SSSR count). The summed E-state index contributed by atoms with van der Waals surface area (Å²) in [4.78, 5) is 3.71. The summed E-state index contributed by atoms with van der Waals surface area (Å²) in [5.41, 5.74) is 1.34. The number of likely N-dealkylation sites (tertiary alicyclic amines) is 1. The Labute approximate surface area is 165 Å². The number of nitrogens with zero attached hydrogens (tertiary/aromatic N) is 1. The lowest BCUT2D eigenvalue weighted by Gasteiger charge is -2.32. The average Bonchev–Trinajstić information content (AvgIpc) is 2.68. The molecule has 2 aromatic carbocycles. The van der Waals surface area contributed by atoms with Crippen molar-refractivity contribution in [2.75, 3.05) is 25.9 Å². The van der Waals surface area contributed by atoms with Crippen LogP contribution in [0.3, 0.4) is 0 Å². The van der Waals surface area contributed by atoms with Crippen LogP contribution in [-0.4, -0.2) is 39.2 Å². The molecule has 1 N–H and O–H groups in total. The molecule has 1 heterocycles. The number of halogens is 1. The zero-order chi connectivity index (χ0) is 19.3. The van der Waals surface area contributed by atoms with Crippen molar-refractivity contribution in [3.05, 3.63) is 59.9 Å². The molecule has 0 aromatic heterocycles. The summed E-state index contributed by atoms with van der Waals surface area (Å²) in [6.45, 7) is 3.23. The van der Waals surface area contributed by atoms with Crippen LogP contribution in [-0.2, 0) is 16.6 Å². The Balaban J connectivity index is 1.50. The molecule has 1 saturated heterocycles. The third kappa shape index (κ3) is 5.54. The number of nitrogens with one attached hydrogen (secondary N) is 1. The molecule has 146 valence electrons. The average molecular weight is 409 g/mol. The molecule has 7 heteroatoms. The van der Waals surface area contributed by atoms with Crippen LogP contribution in [0.2, 0.25) is 0 Å². The van der Waals surface area contributed by atoms with Crippen LogP contribution in [0, 0.1) is 11.7 Å². The third-order valence-corrected chi connectivity index (χ3v) is 7.22. The summed E-state index contributed by atoms with van der Waals surface area (Å²) in [5, 5.41) is 0. The maximum absolute atomic E-state index is 13.3. The van der Waals surface area contributed by atoms with Gasteiger partial charge in [0.2, 0.25) is 10.0 Å². The molecule has 27 heavy (non-hydrogen) atoms. The molecule has 0 amide bonds. The summed E-state index contributed by atoms with van der Waals surface area (Å²) in [6.07, 6.45) is 4.00. The second-order valence-electron chi connectivity index (χ2n) is 6.84. The molecule has 0 unspecified atom stereocenters. The third-order valence-electron chi connectivity index (χ3n) is 4.96. The molecule has 0 aliphatic carbocycles. The molecule has 0 spiro atoms. The Morgan fingerprint density at radius 1 is 1.15 bits per heavy atom. The first-order valence-corrected chi connectivity index (χ1v) is 11.8. The van der Waals surface area contributed by atoms with Gasteiger partial charge in [-0.1, -0.05) is 24.3 Å². The Hall–Kier alpha value is -1.41. The van der Waals surface area contributed by atoms with Crippen LogP contribution in [0.4, 0.5) is 4.39 Å². The van der Waals surface area contributed by atoms with Crippen molar-refractivity contribution in [1.82, 2.24) is 9.62 Å². The zero-order valence-electron chi connectivity index (χ0n) is 15.4. The largest absolute Gasteiger partial charge is 0.299 e. The highest BCUT2D eigenvalue weighted by Gasteiger charge is 2.22. The van der Waals surface area contributed by atoms with E-state index in [2.05, 4.69) is 40.1 Å². The second-order valence-corrected chi connectivity index (χ2v) is 9.46. The minimum Gasteiger partial charge on any atom is -0.299 e. The Kier molecular flexibility index (Phi) is 6.92. The second kappa shape index (κ2) is 9.19. The zero-order valence-corrected chi connectivity index (χ0v) is 17.0. The highest BCUT2D eigenvalue weighted by Crippen LogP contribution is 2.24. The van der Waals surface area contributed by atoms with Crippen LogP contribution in [0.25, 0.3) is 0 Å². The van der Waals surface area contributed by atoms with E-state index in [0.717, 1.165) is 38.5 Å². The highest BCUT2D eigenvalue weighted by molar-refractivity contribution is 7.98.